The van der Waals surface area contributed by atoms with E-state index in [1.54, 1.807) is 13.2 Å². The second-order valence-electron chi connectivity index (χ2n) is 5.17. The van der Waals surface area contributed by atoms with Crippen molar-refractivity contribution in [3.05, 3.63) is 65.0 Å². The van der Waals surface area contributed by atoms with Crippen LogP contribution >= 0.6 is 0 Å². The lowest BCUT2D eigenvalue weighted by molar-refractivity contribution is 0.0935. The van der Waals surface area contributed by atoms with E-state index in [-0.39, 0.29) is 11.9 Å². The molecule has 1 unspecified atom stereocenters. The van der Waals surface area contributed by atoms with Crippen LogP contribution in [-0.2, 0) is 0 Å². The third kappa shape index (κ3) is 3.64. The zero-order valence-electron chi connectivity index (χ0n) is 13.0. The summed E-state index contributed by atoms with van der Waals surface area (Å²) >= 11 is 0. The number of carbonyl (C=O) groups is 1. The van der Waals surface area contributed by atoms with Gasteiger partial charge in [0, 0.05) is 5.56 Å². The van der Waals surface area contributed by atoms with Crippen molar-refractivity contribution in [3.8, 4) is 5.75 Å². The van der Waals surface area contributed by atoms with Crippen molar-refractivity contribution in [2.24, 2.45) is 0 Å². The molecular weight excluding hydrogens is 281 g/mol. The molecule has 0 aliphatic heterocycles. The number of benzene rings is 2. The molecule has 0 aromatic heterocycles. The van der Waals surface area contributed by atoms with E-state index >= 15 is 0 Å². The van der Waals surface area contributed by atoms with Crippen LogP contribution in [0.4, 0.5) is 4.39 Å². The summed E-state index contributed by atoms with van der Waals surface area (Å²) < 4.78 is 18.5. The summed E-state index contributed by atoms with van der Waals surface area (Å²) in [5.74, 6) is 0.121. The Hall–Kier alpha value is -2.36. The van der Waals surface area contributed by atoms with Crippen LogP contribution in [0.25, 0.3) is 0 Å². The molecule has 0 saturated carbocycles. The zero-order valence-corrected chi connectivity index (χ0v) is 13.0. The van der Waals surface area contributed by atoms with Crippen molar-refractivity contribution in [1.82, 2.24) is 5.32 Å². The zero-order chi connectivity index (χ0) is 16.1. The molecule has 116 valence electrons. The molecule has 1 N–H and O–H groups in total. The SMILES string of the molecule is CCC(NC(=O)c1cccc(F)c1)c1ccc(OC)c(C)c1. The van der Waals surface area contributed by atoms with Gasteiger partial charge in [-0.25, -0.2) is 4.39 Å². The van der Waals surface area contributed by atoms with Gasteiger partial charge < -0.3 is 10.1 Å². The molecule has 0 bridgehead atoms. The van der Waals surface area contributed by atoms with Crippen LogP contribution in [0.15, 0.2) is 42.5 Å². The number of aryl methyl sites for hydroxylation is 1. The first-order valence-electron chi connectivity index (χ1n) is 7.26. The highest BCUT2D eigenvalue weighted by Crippen LogP contribution is 2.24. The van der Waals surface area contributed by atoms with Gasteiger partial charge in [0.25, 0.3) is 5.91 Å². The minimum Gasteiger partial charge on any atom is -0.496 e. The Labute approximate surface area is 130 Å². The van der Waals surface area contributed by atoms with Gasteiger partial charge in [0.2, 0.25) is 0 Å². The van der Waals surface area contributed by atoms with Crippen LogP contribution in [0.3, 0.4) is 0 Å². The summed E-state index contributed by atoms with van der Waals surface area (Å²) in [4.78, 5) is 12.2. The van der Waals surface area contributed by atoms with Crippen LogP contribution < -0.4 is 10.1 Å². The number of hydrogen-bond donors (Lipinski definition) is 1. The fourth-order valence-electron chi connectivity index (χ4n) is 2.41. The molecule has 1 amide bonds. The molecule has 0 aliphatic rings. The molecule has 3 nitrogen and oxygen atoms in total. The van der Waals surface area contributed by atoms with E-state index in [0.29, 0.717) is 5.56 Å². The third-order valence-electron chi connectivity index (χ3n) is 3.62. The molecule has 2 aromatic rings. The number of rotatable bonds is 5. The Morgan fingerprint density at radius 2 is 2.05 bits per heavy atom. The molecule has 1 atom stereocenters. The van der Waals surface area contributed by atoms with Crippen LogP contribution in [0.2, 0.25) is 0 Å². The third-order valence-corrected chi connectivity index (χ3v) is 3.62. The van der Waals surface area contributed by atoms with E-state index < -0.39 is 5.82 Å². The first-order chi connectivity index (χ1) is 10.5. The second kappa shape index (κ2) is 7.07. The van der Waals surface area contributed by atoms with Gasteiger partial charge in [-0.3, -0.25) is 4.79 Å². The van der Waals surface area contributed by atoms with Crippen molar-refractivity contribution in [2.45, 2.75) is 26.3 Å². The standard InChI is InChI=1S/C18H20FNO2/c1-4-16(13-8-9-17(22-3)12(2)10-13)20-18(21)14-6-5-7-15(19)11-14/h5-11,16H,4H2,1-3H3,(H,20,21). The second-order valence-corrected chi connectivity index (χ2v) is 5.17. The summed E-state index contributed by atoms with van der Waals surface area (Å²) in [6, 6.07) is 11.4. The Morgan fingerprint density at radius 3 is 2.64 bits per heavy atom. The monoisotopic (exact) mass is 301 g/mol. The van der Waals surface area contributed by atoms with Crippen molar-refractivity contribution >= 4 is 5.91 Å². The lowest BCUT2D eigenvalue weighted by Gasteiger charge is -2.19. The van der Waals surface area contributed by atoms with Crippen molar-refractivity contribution in [1.29, 1.82) is 0 Å². The van der Waals surface area contributed by atoms with Gasteiger partial charge in [-0.2, -0.15) is 0 Å². The van der Waals surface area contributed by atoms with Crippen molar-refractivity contribution in [2.75, 3.05) is 7.11 Å². The normalized spacial score (nSPS) is 11.8. The van der Waals surface area contributed by atoms with Gasteiger partial charge in [0.1, 0.15) is 11.6 Å². The fraction of sp³-hybridized carbons (Fsp3) is 0.278. The van der Waals surface area contributed by atoms with E-state index in [1.807, 2.05) is 32.0 Å². The first-order valence-corrected chi connectivity index (χ1v) is 7.26. The Bertz CT molecular complexity index is 670. The number of methoxy groups -OCH3 is 1. The number of halogens is 1. The fourth-order valence-corrected chi connectivity index (χ4v) is 2.41. The summed E-state index contributed by atoms with van der Waals surface area (Å²) in [6.45, 7) is 3.96. The Kier molecular flexibility index (Phi) is 5.15. The van der Waals surface area contributed by atoms with Crippen molar-refractivity contribution in [3.63, 3.8) is 0 Å². The summed E-state index contributed by atoms with van der Waals surface area (Å²) in [5, 5.41) is 2.94. The van der Waals surface area contributed by atoms with E-state index in [4.69, 9.17) is 4.74 Å². The van der Waals surface area contributed by atoms with Gasteiger partial charge in [-0.05, 0) is 48.7 Å². The number of carbonyl (C=O) groups excluding carboxylic acids is 1. The van der Waals surface area contributed by atoms with E-state index in [9.17, 15) is 9.18 Å². The van der Waals surface area contributed by atoms with Gasteiger partial charge >= 0.3 is 0 Å². The molecule has 0 aliphatic carbocycles. The quantitative estimate of drug-likeness (QED) is 0.905. The predicted octanol–water partition coefficient (Wildman–Crippen LogP) is 4.02. The highest BCUT2D eigenvalue weighted by atomic mass is 19.1. The average molecular weight is 301 g/mol. The van der Waals surface area contributed by atoms with Crippen LogP contribution in [-0.4, -0.2) is 13.0 Å². The van der Waals surface area contributed by atoms with E-state index in [0.717, 1.165) is 23.3 Å². The number of amides is 1. The molecule has 4 heteroatoms. The molecule has 0 spiro atoms. The Balaban J connectivity index is 2.18. The van der Waals surface area contributed by atoms with Gasteiger partial charge in [0.05, 0.1) is 13.2 Å². The molecule has 2 aromatic carbocycles. The van der Waals surface area contributed by atoms with Crippen LogP contribution in [0, 0.1) is 12.7 Å². The largest absolute Gasteiger partial charge is 0.496 e. The van der Waals surface area contributed by atoms with Gasteiger partial charge in [-0.1, -0.05) is 25.1 Å². The number of hydrogen-bond acceptors (Lipinski definition) is 2. The van der Waals surface area contributed by atoms with E-state index in [2.05, 4.69) is 5.32 Å². The molecule has 0 radical (unpaired) electrons. The van der Waals surface area contributed by atoms with Crippen LogP contribution in [0.5, 0.6) is 5.75 Å². The number of ether oxygens (including phenoxy) is 1. The van der Waals surface area contributed by atoms with E-state index in [1.165, 1.54) is 18.2 Å². The van der Waals surface area contributed by atoms with Gasteiger partial charge in [0.15, 0.2) is 0 Å². The van der Waals surface area contributed by atoms with Gasteiger partial charge in [-0.15, -0.1) is 0 Å². The summed E-state index contributed by atoms with van der Waals surface area (Å²) in [6.07, 6.45) is 0.743. The maximum atomic E-state index is 13.2. The molecular formula is C18H20FNO2. The highest BCUT2D eigenvalue weighted by Gasteiger charge is 2.15. The number of nitrogens with one attached hydrogen (secondary N) is 1. The topological polar surface area (TPSA) is 38.3 Å². The maximum absolute atomic E-state index is 13.2. The van der Waals surface area contributed by atoms with Crippen LogP contribution in [0.1, 0.15) is 40.9 Å². The molecule has 22 heavy (non-hydrogen) atoms. The van der Waals surface area contributed by atoms with Crippen molar-refractivity contribution < 1.29 is 13.9 Å². The molecule has 0 saturated heterocycles. The first kappa shape index (κ1) is 16.0. The lowest BCUT2D eigenvalue weighted by atomic mass is 10.0. The summed E-state index contributed by atoms with van der Waals surface area (Å²) in [5.41, 5.74) is 2.34. The summed E-state index contributed by atoms with van der Waals surface area (Å²) in [7, 11) is 1.63. The average Bonchev–Trinajstić information content (AvgIpc) is 2.52. The highest BCUT2D eigenvalue weighted by molar-refractivity contribution is 5.94. The molecule has 0 fully saturated rings. The predicted molar refractivity (Wildman–Crippen MR) is 84.6 cm³/mol. The minimum absolute atomic E-state index is 0.125. The molecule has 0 heterocycles. The Morgan fingerprint density at radius 1 is 1.27 bits per heavy atom. The lowest BCUT2D eigenvalue weighted by Crippen LogP contribution is -2.28. The maximum Gasteiger partial charge on any atom is 0.251 e. The smallest absolute Gasteiger partial charge is 0.251 e. The minimum atomic E-state index is -0.416. The molecule has 2 rings (SSSR count).